The Balaban J connectivity index is 1.97. The zero-order chi connectivity index (χ0) is 12.5. The minimum Gasteiger partial charge on any atom is -0.345 e. The van der Waals surface area contributed by atoms with Crippen molar-refractivity contribution < 1.29 is 4.79 Å². The highest BCUT2D eigenvalue weighted by Gasteiger charge is 2.24. The predicted molar refractivity (Wildman–Crippen MR) is 74.5 cm³/mol. The molecule has 3 rings (SSSR count). The molecule has 0 spiro atoms. The average molecular weight is 302 g/mol. The lowest BCUT2D eigenvalue weighted by Crippen LogP contribution is -2.35. The Kier molecular flexibility index (Phi) is 2.92. The second-order valence-electron chi connectivity index (χ2n) is 4.44. The van der Waals surface area contributed by atoms with Gasteiger partial charge in [0.15, 0.2) is 0 Å². The Bertz CT molecular complexity index is 595. The van der Waals surface area contributed by atoms with Gasteiger partial charge in [-0.1, -0.05) is 52.3 Å². The van der Waals surface area contributed by atoms with Crippen molar-refractivity contribution in [1.29, 1.82) is 0 Å². The molecule has 18 heavy (non-hydrogen) atoms. The van der Waals surface area contributed by atoms with Gasteiger partial charge in [0, 0.05) is 10.0 Å². The lowest BCUT2D eigenvalue weighted by Gasteiger charge is -2.26. The van der Waals surface area contributed by atoms with Crippen LogP contribution in [0.2, 0.25) is 0 Å². The SMILES string of the molecule is O=C1N[C@H](c2ccccc2)Cc2ccc(Br)cc21. The van der Waals surface area contributed by atoms with Gasteiger partial charge in [-0.2, -0.15) is 0 Å². The molecule has 0 bridgehead atoms. The first-order valence-corrected chi connectivity index (χ1v) is 6.67. The van der Waals surface area contributed by atoms with Gasteiger partial charge in [-0.05, 0) is 29.7 Å². The summed E-state index contributed by atoms with van der Waals surface area (Å²) in [5, 5.41) is 3.06. The van der Waals surface area contributed by atoms with E-state index >= 15 is 0 Å². The molecule has 0 fully saturated rings. The molecule has 2 aromatic rings. The third-order valence-electron chi connectivity index (χ3n) is 3.25. The Labute approximate surface area is 114 Å². The molecule has 0 saturated carbocycles. The lowest BCUT2D eigenvalue weighted by atomic mass is 9.91. The molecule has 2 aromatic carbocycles. The molecule has 1 aliphatic heterocycles. The Morgan fingerprint density at radius 3 is 2.67 bits per heavy atom. The molecule has 0 radical (unpaired) electrons. The minimum absolute atomic E-state index is 0.00593. The fraction of sp³-hybridized carbons (Fsp3) is 0.133. The fourth-order valence-electron chi connectivity index (χ4n) is 2.33. The maximum atomic E-state index is 12.1. The molecule has 1 atom stereocenters. The molecule has 1 N–H and O–H groups in total. The number of benzene rings is 2. The fourth-order valence-corrected chi connectivity index (χ4v) is 2.69. The quantitative estimate of drug-likeness (QED) is 0.858. The van der Waals surface area contributed by atoms with Crippen molar-refractivity contribution in [2.45, 2.75) is 12.5 Å². The summed E-state index contributed by atoms with van der Waals surface area (Å²) in [5.41, 5.74) is 3.03. The third kappa shape index (κ3) is 2.06. The first-order chi connectivity index (χ1) is 8.74. The monoisotopic (exact) mass is 301 g/mol. The van der Waals surface area contributed by atoms with Gasteiger partial charge >= 0.3 is 0 Å². The molecule has 0 aromatic heterocycles. The Morgan fingerprint density at radius 1 is 1.11 bits per heavy atom. The van der Waals surface area contributed by atoms with E-state index in [1.54, 1.807) is 0 Å². The molecule has 1 amide bonds. The second-order valence-corrected chi connectivity index (χ2v) is 5.36. The van der Waals surface area contributed by atoms with Gasteiger partial charge in [-0.15, -0.1) is 0 Å². The summed E-state index contributed by atoms with van der Waals surface area (Å²) in [4.78, 5) is 12.1. The standard InChI is InChI=1S/C15H12BrNO/c16-12-7-6-11-8-14(10-4-2-1-3-5-10)17-15(18)13(11)9-12/h1-7,9,14H,8H2,(H,17,18)/t14-/m0/s1. The first-order valence-electron chi connectivity index (χ1n) is 5.88. The van der Waals surface area contributed by atoms with Gasteiger partial charge in [0.05, 0.1) is 6.04 Å². The molecule has 1 aliphatic rings. The highest BCUT2D eigenvalue weighted by Crippen LogP contribution is 2.27. The highest BCUT2D eigenvalue weighted by molar-refractivity contribution is 9.10. The molecule has 1 heterocycles. The zero-order valence-electron chi connectivity index (χ0n) is 9.69. The van der Waals surface area contributed by atoms with Crippen molar-refractivity contribution >= 4 is 21.8 Å². The molecule has 2 nitrogen and oxygen atoms in total. The van der Waals surface area contributed by atoms with Crippen LogP contribution in [0.1, 0.15) is 27.5 Å². The van der Waals surface area contributed by atoms with Gasteiger partial charge in [0.2, 0.25) is 0 Å². The number of hydrogen-bond acceptors (Lipinski definition) is 1. The van der Waals surface area contributed by atoms with E-state index in [4.69, 9.17) is 0 Å². The normalized spacial score (nSPS) is 18.1. The van der Waals surface area contributed by atoms with Crippen LogP contribution in [0, 0.1) is 0 Å². The van der Waals surface area contributed by atoms with Crippen molar-refractivity contribution in [2.24, 2.45) is 0 Å². The number of carbonyl (C=O) groups is 1. The van der Waals surface area contributed by atoms with E-state index in [1.165, 1.54) is 0 Å². The summed E-state index contributed by atoms with van der Waals surface area (Å²) >= 11 is 3.40. The van der Waals surface area contributed by atoms with Crippen molar-refractivity contribution in [3.05, 3.63) is 69.7 Å². The summed E-state index contributed by atoms with van der Waals surface area (Å²) in [7, 11) is 0. The van der Waals surface area contributed by atoms with Crippen LogP contribution in [0.3, 0.4) is 0 Å². The van der Waals surface area contributed by atoms with Crippen LogP contribution in [0.15, 0.2) is 53.0 Å². The van der Waals surface area contributed by atoms with E-state index < -0.39 is 0 Å². The number of amides is 1. The van der Waals surface area contributed by atoms with E-state index in [9.17, 15) is 4.79 Å². The van der Waals surface area contributed by atoms with E-state index in [-0.39, 0.29) is 11.9 Å². The maximum Gasteiger partial charge on any atom is 0.252 e. The van der Waals surface area contributed by atoms with E-state index in [2.05, 4.69) is 33.4 Å². The van der Waals surface area contributed by atoms with E-state index in [1.807, 2.05) is 36.4 Å². The van der Waals surface area contributed by atoms with E-state index in [0.717, 1.165) is 27.6 Å². The van der Waals surface area contributed by atoms with Gasteiger partial charge in [0.1, 0.15) is 0 Å². The van der Waals surface area contributed by atoms with Crippen LogP contribution < -0.4 is 5.32 Å². The van der Waals surface area contributed by atoms with Crippen LogP contribution in [0.25, 0.3) is 0 Å². The van der Waals surface area contributed by atoms with Crippen molar-refractivity contribution in [3.8, 4) is 0 Å². The highest BCUT2D eigenvalue weighted by atomic mass is 79.9. The Morgan fingerprint density at radius 2 is 1.89 bits per heavy atom. The van der Waals surface area contributed by atoms with Crippen LogP contribution in [0.5, 0.6) is 0 Å². The Hall–Kier alpha value is -1.61. The molecule has 0 aliphatic carbocycles. The topological polar surface area (TPSA) is 29.1 Å². The van der Waals surface area contributed by atoms with Crippen molar-refractivity contribution in [2.75, 3.05) is 0 Å². The van der Waals surface area contributed by atoms with Crippen LogP contribution in [-0.4, -0.2) is 5.91 Å². The predicted octanol–water partition coefficient (Wildman–Crippen LogP) is 3.48. The summed E-state index contributed by atoms with van der Waals surface area (Å²) in [6.45, 7) is 0. The minimum atomic E-state index is 0.00593. The molecule has 0 unspecified atom stereocenters. The number of rotatable bonds is 1. The number of nitrogens with one attached hydrogen (secondary N) is 1. The molecular formula is C15H12BrNO. The molecule has 0 saturated heterocycles. The number of carbonyl (C=O) groups excluding carboxylic acids is 1. The maximum absolute atomic E-state index is 12.1. The van der Waals surface area contributed by atoms with Gasteiger partial charge in [0.25, 0.3) is 5.91 Å². The van der Waals surface area contributed by atoms with Crippen molar-refractivity contribution in [1.82, 2.24) is 5.32 Å². The van der Waals surface area contributed by atoms with Crippen LogP contribution in [0.4, 0.5) is 0 Å². The van der Waals surface area contributed by atoms with Crippen molar-refractivity contribution in [3.63, 3.8) is 0 Å². The number of fused-ring (bicyclic) bond motifs is 1. The molecule has 3 heteroatoms. The molecule has 90 valence electrons. The van der Waals surface area contributed by atoms with Gasteiger partial charge in [-0.25, -0.2) is 0 Å². The lowest BCUT2D eigenvalue weighted by molar-refractivity contribution is 0.0925. The van der Waals surface area contributed by atoms with Crippen LogP contribution in [-0.2, 0) is 6.42 Å². The third-order valence-corrected chi connectivity index (χ3v) is 3.74. The zero-order valence-corrected chi connectivity index (χ0v) is 11.3. The van der Waals surface area contributed by atoms with Gasteiger partial charge < -0.3 is 5.32 Å². The second kappa shape index (κ2) is 4.58. The first kappa shape index (κ1) is 11.5. The summed E-state index contributed by atoms with van der Waals surface area (Å²) in [6.07, 6.45) is 0.846. The largest absolute Gasteiger partial charge is 0.345 e. The van der Waals surface area contributed by atoms with E-state index in [0.29, 0.717) is 0 Å². The summed E-state index contributed by atoms with van der Waals surface area (Å²) in [5.74, 6) is 0.00593. The number of halogens is 1. The molecular weight excluding hydrogens is 290 g/mol. The average Bonchev–Trinajstić information content (AvgIpc) is 2.40. The summed E-state index contributed by atoms with van der Waals surface area (Å²) in [6, 6.07) is 16.0. The number of hydrogen-bond donors (Lipinski definition) is 1. The van der Waals surface area contributed by atoms with Crippen LogP contribution >= 0.6 is 15.9 Å². The summed E-state index contributed by atoms with van der Waals surface area (Å²) < 4.78 is 0.939. The smallest absolute Gasteiger partial charge is 0.252 e. The van der Waals surface area contributed by atoms with Gasteiger partial charge in [-0.3, -0.25) is 4.79 Å².